The van der Waals surface area contributed by atoms with Gasteiger partial charge in [0.25, 0.3) is 5.91 Å². The molecule has 1 N–H and O–H groups in total. The molecule has 0 unspecified atom stereocenters. The molecular formula is C13H16FNO3. The highest BCUT2D eigenvalue weighted by atomic mass is 19.1. The number of nitrogens with zero attached hydrogens (tertiary/aromatic N) is 1. The average molecular weight is 253 g/mol. The molecule has 1 amide bonds. The van der Waals surface area contributed by atoms with Crippen LogP contribution in [-0.4, -0.2) is 35.5 Å². The van der Waals surface area contributed by atoms with E-state index in [1.165, 1.54) is 23.1 Å². The van der Waals surface area contributed by atoms with Crippen molar-refractivity contribution in [2.75, 3.05) is 13.6 Å². The lowest BCUT2D eigenvalue weighted by Crippen LogP contribution is -2.28. The van der Waals surface area contributed by atoms with Crippen LogP contribution in [0.2, 0.25) is 0 Å². The highest BCUT2D eigenvalue weighted by molar-refractivity contribution is 5.95. The second-order valence-corrected chi connectivity index (χ2v) is 4.18. The molecule has 0 atom stereocenters. The van der Waals surface area contributed by atoms with Crippen molar-refractivity contribution in [3.05, 3.63) is 35.1 Å². The van der Waals surface area contributed by atoms with Gasteiger partial charge in [0.2, 0.25) is 0 Å². The Bertz CT molecular complexity index is 460. The van der Waals surface area contributed by atoms with Gasteiger partial charge in [-0.05, 0) is 37.1 Å². The minimum Gasteiger partial charge on any atom is -0.481 e. The maximum Gasteiger partial charge on any atom is 0.303 e. The Morgan fingerprint density at radius 3 is 2.61 bits per heavy atom. The third kappa shape index (κ3) is 3.84. The molecule has 1 aromatic carbocycles. The summed E-state index contributed by atoms with van der Waals surface area (Å²) < 4.78 is 12.9. The summed E-state index contributed by atoms with van der Waals surface area (Å²) in [5, 5.41) is 8.51. The molecule has 1 rings (SSSR count). The first-order valence-electron chi connectivity index (χ1n) is 5.65. The first-order valence-corrected chi connectivity index (χ1v) is 5.65. The molecule has 98 valence electrons. The maximum absolute atomic E-state index is 12.9. The molecule has 0 aliphatic rings. The number of carbonyl (C=O) groups is 2. The molecule has 0 aromatic heterocycles. The summed E-state index contributed by atoms with van der Waals surface area (Å²) in [6.07, 6.45) is 0.428. The van der Waals surface area contributed by atoms with Crippen molar-refractivity contribution in [3.63, 3.8) is 0 Å². The van der Waals surface area contributed by atoms with Gasteiger partial charge < -0.3 is 10.0 Å². The van der Waals surface area contributed by atoms with E-state index in [4.69, 9.17) is 5.11 Å². The van der Waals surface area contributed by atoms with Gasteiger partial charge in [-0.1, -0.05) is 0 Å². The first-order chi connectivity index (χ1) is 8.41. The molecule has 0 saturated heterocycles. The molecule has 5 heteroatoms. The highest BCUT2D eigenvalue weighted by Crippen LogP contribution is 2.12. The van der Waals surface area contributed by atoms with Crippen LogP contribution in [0.3, 0.4) is 0 Å². The molecule has 0 heterocycles. The van der Waals surface area contributed by atoms with Crippen molar-refractivity contribution in [2.24, 2.45) is 0 Å². The van der Waals surface area contributed by atoms with Gasteiger partial charge in [-0.25, -0.2) is 4.39 Å². The maximum atomic E-state index is 12.9. The lowest BCUT2D eigenvalue weighted by molar-refractivity contribution is -0.137. The minimum absolute atomic E-state index is 0.0278. The van der Waals surface area contributed by atoms with Gasteiger partial charge in [-0.3, -0.25) is 9.59 Å². The van der Waals surface area contributed by atoms with Crippen molar-refractivity contribution in [2.45, 2.75) is 19.8 Å². The zero-order valence-electron chi connectivity index (χ0n) is 10.4. The second kappa shape index (κ2) is 6.14. The van der Waals surface area contributed by atoms with Crippen LogP contribution in [0.4, 0.5) is 4.39 Å². The van der Waals surface area contributed by atoms with Crippen LogP contribution >= 0.6 is 0 Å². The Morgan fingerprint density at radius 2 is 2.06 bits per heavy atom. The quantitative estimate of drug-likeness (QED) is 0.874. The van der Waals surface area contributed by atoms with Gasteiger partial charge in [0.1, 0.15) is 5.82 Å². The Labute approximate surface area is 105 Å². The third-order valence-electron chi connectivity index (χ3n) is 2.65. The molecule has 0 aliphatic carbocycles. The SMILES string of the molecule is Cc1cc(F)ccc1C(=O)N(C)CCCC(=O)O. The van der Waals surface area contributed by atoms with Crippen molar-refractivity contribution in [1.82, 2.24) is 4.90 Å². The summed E-state index contributed by atoms with van der Waals surface area (Å²) in [5.74, 6) is -1.48. The molecule has 4 nitrogen and oxygen atoms in total. The Morgan fingerprint density at radius 1 is 1.39 bits per heavy atom. The number of rotatable bonds is 5. The molecule has 0 aliphatic heterocycles. The predicted octanol–water partition coefficient (Wildman–Crippen LogP) is 2.07. The van der Waals surface area contributed by atoms with Crippen LogP contribution in [0, 0.1) is 12.7 Å². The molecule has 0 bridgehead atoms. The number of amides is 1. The highest BCUT2D eigenvalue weighted by Gasteiger charge is 2.14. The Hall–Kier alpha value is -1.91. The van der Waals surface area contributed by atoms with Crippen LogP contribution in [0.1, 0.15) is 28.8 Å². The molecule has 0 saturated carbocycles. The van der Waals surface area contributed by atoms with Crippen molar-refractivity contribution < 1.29 is 19.1 Å². The summed E-state index contributed by atoms with van der Waals surface area (Å²) in [6.45, 7) is 2.03. The zero-order valence-corrected chi connectivity index (χ0v) is 10.4. The fourth-order valence-corrected chi connectivity index (χ4v) is 1.64. The van der Waals surface area contributed by atoms with Crippen molar-refractivity contribution in [1.29, 1.82) is 0 Å². The van der Waals surface area contributed by atoms with E-state index in [-0.39, 0.29) is 18.1 Å². The lowest BCUT2D eigenvalue weighted by Gasteiger charge is -2.17. The topological polar surface area (TPSA) is 57.6 Å². The van der Waals surface area contributed by atoms with E-state index in [9.17, 15) is 14.0 Å². The first kappa shape index (κ1) is 14.2. The number of benzene rings is 1. The average Bonchev–Trinajstić information content (AvgIpc) is 2.27. The number of aliphatic carboxylic acids is 1. The fraction of sp³-hybridized carbons (Fsp3) is 0.385. The number of carboxylic acids is 1. The van der Waals surface area contributed by atoms with Crippen molar-refractivity contribution >= 4 is 11.9 Å². The van der Waals surface area contributed by atoms with Crippen LogP contribution < -0.4 is 0 Å². The third-order valence-corrected chi connectivity index (χ3v) is 2.65. The molecule has 0 radical (unpaired) electrons. The zero-order chi connectivity index (χ0) is 13.7. The Kier molecular flexibility index (Phi) is 4.83. The summed E-state index contributed by atoms with van der Waals surface area (Å²) in [6, 6.07) is 3.99. The van der Waals surface area contributed by atoms with Gasteiger partial charge >= 0.3 is 5.97 Å². The van der Waals surface area contributed by atoms with Crippen LogP contribution in [-0.2, 0) is 4.79 Å². The number of hydrogen-bond donors (Lipinski definition) is 1. The van der Waals surface area contributed by atoms with Gasteiger partial charge in [0.05, 0.1) is 0 Å². The normalized spacial score (nSPS) is 10.2. The monoisotopic (exact) mass is 253 g/mol. The molecule has 1 aromatic rings. The van der Waals surface area contributed by atoms with Gasteiger partial charge in [-0.15, -0.1) is 0 Å². The van der Waals surface area contributed by atoms with E-state index >= 15 is 0 Å². The standard InChI is InChI=1S/C13H16FNO3/c1-9-8-10(14)5-6-11(9)13(18)15(2)7-3-4-12(16)17/h5-6,8H,3-4,7H2,1-2H3,(H,16,17). The van der Waals surface area contributed by atoms with Gasteiger partial charge in [-0.2, -0.15) is 0 Å². The fourth-order valence-electron chi connectivity index (χ4n) is 1.64. The van der Waals surface area contributed by atoms with E-state index in [1.807, 2.05) is 0 Å². The smallest absolute Gasteiger partial charge is 0.303 e. The molecular weight excluding hydrogens is 237 g/mol. The minimum atomic E-state index is -0.881. The lowest BCUT2D eigenvalue weighted by atomic mass is 10.1. The van der Waals surface area contributed by atoms with Crippen LogP contribution in [0.5, 0.6) is 0 Å². The second-order valence-electron chi connectivity index (χ2n) is 4.18. The van der Waals surface area contributed by atoms with E-state index in [1.54, 1.807) is 14.0 Å². The van der Waals surface area contributed by atoms with E-state index < -0.39 is 5.97 Å². The van der Waals surface area contributed by atoms with Gasteiger partial charge in [0, 0.05) is 25.6 Å². The van der Waals surface area contributed by atoms with Crippen LogP contribution in [0.25, 0.3) is 0 Å². The number of halogens is 1. The van der Waals surface area contributed by atoms with Crippen molar-refractivity contribution in [3.8, 4) is 0 Å². The number of hydrogen-bond acceptors (Lipinski definition) is 2. The number of carboxylic acid groups (broad SMARTS) is 1. The van der Waals surface area contributed by atoms with E-state index in [0.717, 1.165) is 0 Å². The summed E-state index contributed by atoms with van der Waals surface area (Å²) >= 11 is 0. The summed E-state index contributed by atoms with van der Waals surface area (Å²) in [5.41, 5.74) is 1.01. The summed E-state index contributed by atoms with van der Waals surface area (Å²) in [4.78, 5) is 23.8. The number of aryl methyl sites for hydroxylation is 1. The van der Waals surface area contributed by atoms with Crippen LogP contribution in [0.15, 0.2) is 18.2 Å². The Balaban J connectivity index is 2.65. The largest absolute Gasteiger partial charge is 0.481 e. The molecule has 0 spiro atoms. The molecule has 0 fully saturated rings. The van der Waals surface area contributed by atoms with E-state index in [0.29, 0.717) is 24.1 Å². The molecule has 18 heavy (non-hydrogen) atoms. The number of carbonyl (C=O) groups excluding carboxylic acids is 1. The summed E-state index contributed by atoms with van der Waals surface area (Å²) in [7, 11) is 1.60. The van der Waals surface area contributed by atoms with E-state index in [2.05, 4.69) is 0 Å². The van der Waals surface area contributed by atoms with Gasteiger partial charge in [0.15, 0.2) is 0 Å². The predicted molar refractivity (Wildman–Crippen MR) is 65.0 cm³/mol.